The van der Waals surface area contributed by atoms with E-state index in [-0.39, 0.29) is 5.41 Å². The second-order valence-electron chi connectivity index (χ2n) is 15.6. The largest absolute Gasteiger partial charge is 0.456 e. The summed E-state index contributed by atoms with van der Waals surface area (Å²) in [6, 6.07) is 56.5. The van der Waals surface area contributed by atoms with Crippen molar-refractivity contribution >= 4 is 53.6 Å². The van der Waals surface area contributed by atoms with E-state index in [4.69, 9.17) is 29.3 Å². The summed E-state index contributed by atoms with van der Waals surface area (Å²) >= 11 is 1.75. The quantitative estimate of drug-likeness (QED) is 0.173. The fraction of sp³-hybridized carbons (Fsp3) is 0.0577. The van der Waals surface area contributed by atoms with Crippen molar-refractivity contribution in [2.75, 3.05) is 0 Å². The molecule has 0 aliphatic heterocycles. The molecule has 0 bridgehead atoms. The van der Waals surface area contributed by atoms with Crippen LogP contribution in [0.1, 0.15) is 25.0 Å². The van der Waals surface area contributed by atoms with E-state index in [0.717, 1.165) is 71.1 Å². The molecule has 6 nitrogen and oxygen atoms in total. The third-order valence-corrected chi connectivity index (χ3v) is 12.9. The van der Waals surface area contributed by atoms with Gasteiger partial charge in [0.2, 0.25) is 0 Å². The van der Waals surface area contributed by atoms with E-state index in [1.165, 1.54) is 27.0 Å². The minimum Gasteiger partial charge on any atom is -0.456 e. The molecule has 0 radical (unpaired) electrons. The lowest BCUT2D eigenvalue weighted by atomic mass is 9.82. The second kappa shape index (κ2) is 12.8. The van der Waals surface area contributed by atoms with E-state index in [1.807, 2.05) is 84.9 Å². The molecule has 11 aromatic rings. The summed E-state index contributed by atoms with van der Waals surface area (Å²) in [5.41, 5.74) is 13.0. The lowest BCUT2D eigenvalue weighted by Gasteiger charge is -2.22. The van der Waals surface area contributed by atoms with Gasteiger partial charge in [-0.05, 0) is 46.5 Å². The van der Waals surface area contributed by atoms with Crippen LogP contribution in [0.2, 0.25) is 0 Å². The Hall–Kier alpha value is -7.35. The van der Waals surface area contributed by atoms with Gasteiger partial charge in [0.25, 0.3) is 0 Å². The molecule has 0 amide bonds. The summed E-state index contributed by atoms with van der Waals surface area (Å²) in [5, 5.41) is 2.93. The molecule has 0 spiro atoms. The molecule has 0 atom stereocenters. The van der Waals surface area contributed by atoms with Gasteiger partial charge in [-0.25, -0.2) is 24.9 Å². The normalized spacial score (nSPS) is 13.1. The number of furan rings is 1. The molecule has 1 aliphatic rings. The number of thiophene rings is 1. The van der Waals surface area contributed by atoms with Crippen LogP contribution in [0.4, 0.5) is 0 Å². The molecule has 59 heavy (non-hydrogen) atoms. The number of fused-ring (bicyclic) bond motifs is 9. The maximum Gasteiger partial charge on any atom is 0.164 e. The minimum atomic E-state index is -0.148. The van der Waals surface area contributed by atoms with Crippen LogP contribution in [0.5, 0.6) is 0 Å². The van der Waals surface area contributed by atoms with E-state index in [9.17, 15) is 0 Å². The van der Waals surface area contributed by atoms with Gasteiger partial charge in [0.1, 0.15) is 11.2 Å². The Morgan fingerprint density at radius 1 is 0.441 bits per heavy atom. The molecule has 0 saturated heterocycles. The van der Waals surface area contributed by atoms with Gasteiger partial charge in [-0.15, -0.1) is 11.3 Å². The van der Waals surface area contributed by atoms with Crippen LogP contribution in [-0.2, 0) is 5.41 Å². The molecule has 7 heteroatoms. The molecule has 1 aliphatic carbocycles. The first-order valence-corrected chi connectivity index (χ1v) is 20.6. The lowest BCUT2D eigenvalue weighted by Crippen LogP contribution is -2.14. The van der Waals surface area contributed by atoms with Crippen LogP contribution in [0.15, 0.2) is 168 Å². The van der Waals surface area contributed by atoms with Gasteiger partial charge in [0, 0.05) is 54.1 Å². The van der Waals surface area contributed by atoms with Crippen molar-refractivity contribution in [3.63, 3.8) is 0 Å². The van der Waals surface area contributed by atoms with Crippen LogP contribution in [0, 0.1) is 0 Å². The highest BCUT2D eigenvalue weighted by Crippen LogP contribution is 2.50. The van der Waals surface area contributed by atoms with Crippen molar-refractivity contribution in [2.45, 2.75) is 19.3 Å². The predicted molar refractivity (Wildman–Crippen MR) is 240 cm³/mol. The van der Waals surface area contributed by atoms with Crippen LogP contribution in [0.3, 0.4) is 0 Å². The molecule has 4 aromatic heterocycles. The Bertz CT molecular complexity index is 3420. The number of aromatic nitrogens is 5. The SMILES string of the molecule is CC1(C)c2ccccc2-c2ccc(-c3nc(-c4cccc5oc6cccc(-c7nc(-c8ccccc8)nc(-c8ccccc8)n7)c6c45)nc4c3sc3ccccc34)cc21. The monoisotopic (exact) mass is 775 g/mol. The number of benzene rings is 7. The van der Waals surface area contributed by atoms with E-state index >= 15 is 0 Å². The molecule has 0 N–H and O–H groups in total. The molecule has 0 saturated carbocycles. The summed E-state index contributed by atoms with van der Waals surface area (Å²) in [5.74, 6) is 2.39. The van der Waals surface area contributed by atoms with Crippen LogP contribution < -0.4 is 0 Å². The number of hydrogen-bond acceptors (Lipinski definition) is 7. The molecule has 0 fully saturated rings. The first-order valence-electron chi connectivity index (χ1n) is 19.8. The fourth-order valence-electron chi connectivity index (χ4n) is 8.93. The molecule has 278 valence electrons. The highest BCUT2D eigenvalue weighted by Gasteiger charge is 2.35. The highest BCUT2D eigenvalue weighted by molar-refractivity contribution is 7.26. The van der Waals surface area contributed by atoms with E-state index in [1.54, 1.807) is 11.3 Å². The Kier molecular flexibility index (Phi) is 7.34. The zero-order valence-electron chi connectivity index (χ0n) is 32.1. The van der Waals surface area contributed by atoms with Crippen molar-refractivity contribution in [1.29, 1.82) is 0 Å². The molecule has 0 unspecified atom stereocenters. The minimum absolute atomic E-state index is 0.148. The third-order valence-electron chi connectivity index (χ3n) is 11.8. The molecular weight excluding hydrogens is 743 g/mol. The maximum atomic E-state index is 6.64. The number of nitrogens with zero attached hydrogens (tertiary/aromatic N) is 5. The van der Waals surface area contributed by atoms with E-state index < -0.39 is 0 Å². The summed E-state index contributed by atoms with van der Waals surface area (Å²) in [7, 11) is 0. The highest BCUT2D eigenvalue weighted by atomic mass is 32.1. The third kappa shape index (κ3) is 5.21. The topological polar surface area (TPSA) is 77.6 Å². The van der Waals surface area contributed by atoms with Gasteiger partial charge in [-0.3, -0.25) is 0 Å². The average molecular weight is 776 g/mol. The maximum absolute atomic E-state index is 6.64. The summed E-state index contributed by atoms with van der Waals surface area (Å²) in [4.78, 5) is 26.1. The lowest BCUT2D eigenvalue weighted by molar-refractivity contribution is 0.660. The summed E-state index contributed by atoms with van der Waals surface area (Å²) in [6.45, 7) is 4.64. The summed E-state index contributed by atoms with van der Waals surface area (Å²) in [6.07, 6.45) is 0. The van der Waals surface area contributed by atoms with Gasteiger partial charge < -0.3 is 4.42 Å². The standard InChI is InChI=1S/C52H33N5OS/c1-52(2)38-23-11-9-19-33(38)34-28-27-32(29-39(34)52)45-47-46(35-20-10-12-26-42(35)59-47)54-50(53-45)36-21-13-24-40-43(36)44-37(22-14-25-41(44)58-40)51-56-48(30-15-5-3-6-16-30)55-49(57-51)31-17-7-4-8-18-31/h3-29H,1-2H3. The Morgan fingerprint density at radius 3 is 1.69 bits per heavy atom. The van der Waals surface area contributed by atoms with Gasteiger partial charge >= 0.3 is 0 Å². The molecule has 7 aromatic carbocycles. The zero-order chi connectivity index (χ0) is 39.2. The smallest absolute Gasteiger partial charge is 0.164 e. The van der Waals surface area contributed by atoms with Crippen LogP contribution >= 0.6 is 11.3 Å². The molecule has 4 heterocycles. The second-order valence-corrected chi connectivity index (χ2v) is 16.7. The van der Waals surface area contributed by atoms with Gasteiger partial charge in [-0.2, -0.15) is 0 Å². The summed E-state index contributed by atoms with van der Waals surface area (Å²) < 4.78 is 8.89. The van der Waals surface area contributed by atoms with Crippen molar-refractivity contribution in [3.8, 4) is 67.9 Å². The van der Waals surface area contributed by atoms with Gasteiger partial charge in [-0.1, -0.05) is 153 Å². The fourth-order valence-corrected chi connectivity index (χ4v) is 10.1. The molecule has 12 rings (SSSR count). The Balaban J connectivity index is 1.11. The van der Waals surface area contributed by atoms with Crippen molar-refractivity contribution in [1.82, 2.24) is 24.9 Å². The van der Waals surface area contributed by atoms with Crippen LogP contribution in [-0.4, -0.2) is 24.9 Å². The molecular formula is C52H33N5OS. The van der Waals surface area contributed by atoms with Gasteiger partial charge in [0.05, 0.1) is 15.9 Å². The zero-order valence-corrected chi connectivity index (χ0v) is 33.0. The van der Waals surface area contributed by atoms with Crippen molar-refractivity contribution in [2.24, 2.45) is 0 Å². The van der Waals surface area contributed by atoms with Crippen LogP contribution in [0.25, 0.3) is 110 Å². The Labute approximate surface area is 343 Å². The van der Waals surface area contributed by atoms with Gasteiger partial charge in [0.15, 0.2) is 23.3 Å². The number of rotatable bonds is 5. The predicted octanol–water partition coefficient (Wildman–Crippen LogP) is 13.6. The first-order chi connectivity index (χ1) is 29.0. The Morgan fingerprint density at radius 2 is 1.00 bits per heavy atom. The van der Waals surface area contributed by atoms with E-state index in [0.29, 0.717) is 23.3 Å². The average Bonchev–Trinajstić information content (AvgIpc) is 3.94. The van der Waals surface area contributed by atoms with Crippen molar-refractivity contribution < 1.29 is 4.42 Å². The first kappa shape index (κ1) is 33.8. The van der Waals surface area contributed by atoms with E-state index in [2.05, 4.69) is 92.7 Å². The number of hydrogen-bond donors (Lipinski definition) is 0. The van der Waals surface area contributed by atoms with Crippen molar-refractivity contribution in [3.05, 3.63) is 175 Å².